The molecule has 0 saturated carbocycles. The summed E-state index contributed by atoms with van der Waals surface area (Å²) in [5, 5.41) is 11.0. The van der Waals surface area contributed by atoms with E-state index in [1.807, 2.05) is 42.5 Å². The first-order valence-electron chi connectivity index (χ1n) is 9.44. The van der Waals surface area contributed by atoms with E-state index in [1.165, 1.54) is 18.2 Å². The van der Waals surface area contributed by atoms with Gasteiger partial charge in [0.05, 0.1) is 22.6 Å². The van der Waals surface area contributed by atoms with Crippen LogP contribution in [0, 0.1) is 17.3 Å². The molecule has 0 bridgehead atoms. The Morgan fingerprint density at radius 3 is 2.42 bits per heavy atom. The topological polar surface area (TPSA) is 91.0 Å². The summed E-state index contributed by atoms with van der Waals surface area (Å²) in [7, 11) is 0. The third-order valence-electron chi connectivity index (χ3n) is 4.56. The number of nitro groups is 1. The van der Waals surface area contributed by atoms with Crippen molar-refractivity contribution in [2.24, 2.45) is 4.99 Å². The lowest BCUT2D eigenvalue weighted by Crippen LogP contribution is -2.06. The van der Waals surface area contributed by atoms with Gasteiger partial charge in [0.1, 0.15) is 12.4 Å². The van der Waals surface area contributed by atoms with Crippen LogP contribution in [0.5, 0.6) is 5.75 Å². The molecule has 0 fully saturated rings. The van der Waals surface area contributed by atoms with Crippen LogP contribution < -0.4 is 4.74 Å². The van der Waals surface area contributed by atoms with Crippen molar-refractivity contribution < 1.29 is 19.2 Å². The standard InChI is InChI=1S/C23H13ClI2N2O5/c24-17-11-15(28(30)31)6-7-16(17)22-27-20(23(29)33-22)10-14-8-18(25)21(19(26)9-14)32-12-13-4-2-1-3-5-13/h1-11H,12H2/b20-10-. The minimum absolute atomic E-state index is 0.00152. The molecule has 0 spiro atoms. The maximum Gasteiger partial charge on any atom is 0.363 e. The number of ether oxygens (including phenoxy) is 2. The molecule has 3 aromatic carbocycles. The van der Waals surface area contributed by atoms with Crippen molar-refractivity contribution in [3.63, 3.8) is 0 Å². The van der Waals surface area contributed by atoms with Crippen LogP contribution >= 0.6 is 56.8 Å². The molecule has 33 heavy (non-hydrogen) atoms. The molecule has 7 nitrogen and oxygen atoms in total. The zero-order valence-electron chi connectivity index (χ0n) is 16.6. The first kappa shape index (κ1) is 23.6. The number of rotatable bonds is 6. The molecule has 0 saturated heterocycles. The average Bonchev–Trinajstić information content (AvgIpc) is 3.13. The zero-order chi connectivity index (χ0) is 23.5. The van der Waals surface area contributed by atoms with E-state index in [1.54, 1.807) is 6.08 Å². The van der Waals surface area contributed by atoms with Crippen molar-refractivity contribution in [2.75, 3.05) is 0 Å². The molecular weight excluding hydrogens is 674 g/mol. The first-order valence-corrected chi connectivity index (χ1v) is 12.0. The van der Waals surface area contributed by atoms with Gasteiger partial charge in [-0.1, -0.05) is 41.9 Å². The SMILES string of the molecule is O=C1OC(c2ccc([N+](=O)[O-])cc2Cl)=N/C1=C\c1cc(I)c(OCc2ccccc2)c(I)c1. The Kier molecular flexibility index (Phi) is 7.29. The van der Waals surface area contributed by atoms with E-state index < -0.39 is 10.9 Å². The second-order valence-corrected chi connectivity index (χ2v) is 9.58. The van der Waals surface area contributed by atoms with Crippen molar-refractivity contribution in [1.82, 2.24) is 0 Å². The quantitative estimate of drug-likeness (QED) is 0.0988. The summed E-state index contributed by atoms with van der Waals surface area (Å²) in [6.45, 7) is 0.448. The van der Waals surface area contributed by atoms with Gasteiger partial charge in [0.15, 0.2) is 5.70 Å². The lowest BCUT2D eigenvalue weighted by molar-refractivity contribution is -0.384. The molecule has 0 radical (unpaired) electrons. The first-order chi connectivity index (χ1) is 15.8. The zero-order valence-corrected chi connectivity index (χ0v) is 21.7. The van der Waals surface area contributed by atoms with Crippen molar-refractivity contribution >= 4 is 80.4 Å². The normalized spacial score (nSPS) is 14.2. The largest absolute Gasteiger partial charge is 0.487 e. The minimum Gasteiger partial charge on any atom is -0.487 e. The summed E-state index contributed by atoms with van der Waals surface area (Å²) in [4.78, 5) is 26.9. The molecule has 166 valence electrons. The number of carbonyl (C=O) groups is 1. The number of esters is 1. The molecular formula is C23H13ClI2N2O5. The maximum atomic E-state index is 12.4. The Balaban J connectivity index is 1.57. The van der Waals surface area contributed by atoms with Gasteiger partial charge in [-0.3, -0.25) is 10.1 Å². The Morgan fingerprint density at radius 2 is 1.79 bits per heavy atom. The second-order valence-electron chi connectivity index (χ2n) is 6.85. The Hall–Kier alpha value is -2.51. The van der Waals surface area contributed by atoms with E-state index in [9.17, 15) is 14.9 Å². The maximum absolute atomic E-state index is 12.4. The van der Waals surface area contributed by atoms with Gasteiger partial charge in [0, 0.05) is 12.1 Å². The number of hydrogen-bond donors (Lipinski definition) is 0. The Bertz CT molecular complexity index is 1300. The van der Waals surface area contributed by atoms with E-state index in [-0.39, 0.29) is 22.3 Å². The lowest BCUT2D eigenvalue weighted by Gasteiger charge is -2.11. The van der Waals surface area contributed by atoms with Gasteiger partial charge in [0.2, 0.25) is 5.90 Å². The van der Waals surface area contributed by atoms with Crippen LogP contribution in [0.25, 0.3) is 6.08 Å². The number of carbonyl (C=O) groups excluding carboxylic acids is 1. The summed E-state index contributed by atoms with van der Waals surface area (Å²) in [5.74, 6) is 0.130. The number of hydrogen-bond acceptors (Lipinski definition) is 6. The van der Waals surface area contributed by atoms with Gasteiger partial charge in [-0.05, 0) is 80.6 Å². The number of nitro benzene ring substituents is 1. The molecule has 0 atom stereocenters. The summed E-state index contributed by atoms with van der Waals surface area (Å²) < 4.78 is 13.0. The van der Waals surface area contributed by atoms with E-state index in [2.05, 4.69) is 50.2 Å². The fourth-order valence-corrected chi connectivity index (χ4v) is 5.39. The summed E-state index contributed by atoms with van der Waals surface area (Å²) in [5.41, 5.74) is 2.05. The molecule has 4 rings (SSSR count). The third-order valence-corrected chi connectivity index (χ3v) is 6.48. The highest BCUT2D eigenvalue weighted by Gasteiger charge is 2.26. The molecule has 0 amide bonds. The van der Waals surface area contributed by atoms with Crippen molar-refractivity contribution in [3.8, 4) is 5.75 Å². The molecule has 10 heteroatoms. The molecule has 0 aliphatic carbocycles. The van der Waals surface area contributed by atoms with Crippen LogP contribution in [-0.4, -0.2) is 16.8 Å². The van der Waals surface area contributed by atoms with Crippen molar-refractivity contribution in [1.29, 1.82) is 0 Å². The van der Waals surface area contributed by atoms with E-state index >= 15 is 0 Å². The van der Waals surface area contributed by atoms with Crippen LogP contribution in [0.3, 0.4) is 0 Å². The smallest absolute Gasteiger partial charge is 0.363 e. The lowest BCUT2D eigenvalue weighted by atomic mass is 10.2. The van der Waals surface area contributed by atoms with Crippen LogP contribution in [0.1, 0.15) is 16.7 Å². The molecule has 1 aliphatic heterocycles. The third kappa shape index (κ3) is 5.53. The van der Waals surface area contributed by atoms with Gasteiger partial charge >= 0.3 is 5.97 Å². The Labute approximate surface area is 220 Å². The van der Waals surface area contributed by atoms with Gasteiger partial charge in [-0.15, -0.1) is 0 Å². The number of non-ortho nitro benzene ring substituents is 1. The fraction of sp³-hybridized carbons (Fsp3) is 0.0435. The molecule has 0 aromatic heterocycles. The fourth-order valence-electron chi connectivity index (χ4n) is 3.00. The van der Waals surface area contributed by atoms with Crippen molar-refractivity contribution in [2.45, 2.75) is 6.61 Å². The molecule has 1 aliphatic rings. The highest BCUT2D eigenvalue weighted by Crippen LogP contribution is 2.32. The highest BCUT2D eigenvalue weighted by molar-refractivity contribution is 14.1. The predicted octanol–water partition coefficient (Wildman–Crippen LogP) is 6.38. The van der Waals surface area contributed by atoms with Crippen LogP contribution in [0.4, 0.5) is 5.69 Å². The summed E-state index contributed by atoms with van der Waals surface area (Å²) in [6, 6.07) is 17.5. The van der Waals surface area contributed by atoms with Gasteiger partial charge < -0.3 is 9.47 Å². The van der Waals surface area contributed by atoms with Gasteiger partial charge in [0.25, 0.3) is 5.69 Å². The van der Waals surface area contributed by atoms with Crippen LogP contribution in [0.15, 0.2) is 71.4 Å². The molecule has 1 heterocycles. The minimum atomic E-state index is -0.631. The molecule has 0 unspecified atom stereocenters. The average molecular weight is 687 g/mol. The molecule has 0 N–H and O–H groups in total. The van der Waals surface area contributed by atoms with Crippen LogP contribution in [0.2, 0.25) is 5.02 Å². The summed E-state index contributed by atoms with van der Waals surface area (Å²) in [6.07, 6.45) is 1.61. The number of cyclic esters (lactones) is 1. The summed E-state index contributed by atoms with van der Waals surface area (Å²) >= 11 is 10.5. The van der Waals surface area contributed by atoms with Gasteiger partial charge in [-0.25, -0.2) is 9.79 Å². The van der Waals surface area contributed by atoms with E-state index in [0.717, 1.165) is 24.0 Å². The monoisotopic (exact) mass is 686 g/mol. The predicted molar refractivity (Wildman–Crippen MR) is 141 cm³/mol. The Morgan fingerprint density at radius 1 is 1.09 bits per heavy atom. The second kappa shape index (κ2) is 10.2. The van der Waals surface area contributed by atoms with E-state index in [4.69, 9.17) is 21.1 Å². The molecule has 3 aromatic rings. The number of benzene rings is 3. The number of halogens is 3. The van der Waals surface area contributed by atoms with Crippen molar-refractivity contribution in [3.05, 3.63) is 105 Å². The van der Waals surface area contributed by atoms with E-state index in [0.29, 0.717) is 12.2 Å². The van der Waals surface area contributed by atoms with Crippen LogP contribution in [-0.2, 0) is 16.1 Å². The highest BCUT2D eigenvalue weighted by atomic mass is 127. The number of nitrogens with zero attached hydrogens (tertiary/aromatic N) is 2. The van der Waals surface area contributed by atoms with Gasteiger partial charge in [-0.2, -0.15) is 0 Å². The number of aliphatic imine (C=N–C) groups is 1.